The molecule has 1 N–H and O–H groups in total. The zero-order valence-corrected chi connectivity index (χ0v) is 21.6. The van der Waals surface area contributed by atoms with Crippen LogP contribution < -0.4 is 9.47 Å². The van der Waals surface area contributed by atoms with E-state index >= 15 is 0 Å². The summed E-state index contributed by atoms with van der Waals surface area (Å²) in [6, 6.07) is 17.1. The maximum absolute atomic E-state index is 9.00. The summed E-state index contributed by atoms with van der Waals surface area (Å²) >= 11 is 0. The summed E-state index contributed by atoms with van der Waals surface area (Å²) in [6.07, 6.45) is 4.29. The zero-order valence-electron chi connectivity index (χ0n) is 20.6. The van der Waals surface area contributed by atoms with Crippen molar-refractivity contribution in [3.63, 3.8) is 0 Å². The number of para-hydroxylation sites is 2. The standard InChI is InChI=1S/C26H26N2O2.C2H4O2.Co/c1-17-9-19(3)25-21(11-17)13-27-15-30-26-20(4)10-18(2)12-22(26)14-28(16-29-25)24-8-6-5-7-23(24)27;1-2(3)4;/h5-14H,15-16H2,1-4H3;1H3,(H,3,4);/q+2;;/b27-13+,28-14?;;. The van der Waals surface area contributed by atoms with Gasteiger partial charge in [-0.25, -0.2) is 0 Å². The van der Waals surface area contributed by atoms with E-state index < -0.39 is 5.97 Å². The zero-order chi connectivity index (χ0) is 24.4. The first-order valence-corrected chi connectivity index (χ1v) is 11.2. The molecule has 0 spiro atoms. The van der Waals surface area contributed by atoms with E-state index in [1.165, 1.54) is 11.1 Å². The van der Waals surface area contributed by atoms with Crippen molar-refractivity contribution >= 4 is 29.8 Å². The molecule has 35 heavy (non-hydrogen) atoms. The molecule has 0 saturated carbocycles. The van der Waals surface area contributed by atoms with E-state index in [1.54, 1.807) is 0 Å². The summed E-state index contributed by atoms with van der Waals surface area (Å²) in [5, 5.41) is 7.42. The molecule has 3 aromatic carbocycles. The number of aryl methyl sites for hydroxylation is 4. The Bertz CT molecular complexity index is 1240. The van der Waals surface area contributed by atoms with E-state index in [2.05, 4.69) is 97.8 Å². The molecule has 3 aromatic rings. The van der Waals surface area contributed by atoms with Gasteiger partial charge in [0.05, 0.1) is 11.1 Å². The predicted molar refractivity (Wildman–Crippen MR) is 133 cm³/mol. The number of aliphatic carboxylic acids is 1. The summed E-state index contributed by atoms with van der Waals surface area (Å²) in [5.41, 5.74) is 9.01. The number of carboxylic acids is 1. The molecule has 0 aliphatic carbocycles. The number of hydrogen-bond donors (Lipinski definition) is 1. The monoisotopic (exact) mass is 517 g/mol. The molecule has 0 aromatic heterocycles. The molecule has 2 aliphatic rings. The van der Waals surface area contributed by atoms with Gasteiger partial charge in [0.2, 0.25) is 0 Å². The third kappa shape index (κ3) is 5.81. The normalized spacial score (nSPS) is 14.8. The largest absolute Gasteiger partial charge is 0.481 e. The number of ether oxygens (including phenoxy) is 2. The minimum absolute atomic E-state index is 0. The van der Waals surface area contributed by atoms with Crippen LogP contribution in [0, 0.1) is 27.7 Å². The van der Waals surface area contributed by atoms with Crippen molar-refractivity contribution in [2.24, 2.45) is 0 Å². The minimum Gasteiger partial charge on any atom is -0.481 e. The third-order valence-corrected chi connectivity index (χ3v) is 5.68. The number of rotatable bonds is 0. The molecule has 183 valence electrons. The second kappa shape index (κ2) is 10.9. The minimum atomic E-state index is -0.833. The van der Waals surface area contributed by atoms with Gasteiger partial charge in [-0.2, -0.15) is 9.15 Å². The van der Waals surface area contributed by atoms with Gasteiger partial charge in [-0.3, -0.25) is 4.79 Å². The van der Waals surface area contributed by atoms with Crippen molar-refractivity contribution < 1.29 is 45.3 Å². The Morgan fingerprint density at radius 3 is 1.51 bits per heavy atom. The van der Waals surface area contributed by atoms with E-state index in [4.69, 9.17) is 19.4 Å². The van der Waals surface area contributed by atoms with Crippen molar-refractivity contribution in [1.82, 2.24) is 0 Å². The van der Waals surface area contributed by atoms with Crippen LogP contribution in [-0.2, 0) is 21.6 Å². The quantitative estimate of drug-likeness (QED) is 0.415. The molecule has 1 radical (unpaired) electrons. The molecule has 2 bridgehead atoms. The maximum Gasteiger partial charge on any atom is 0.300 e. The van der Waals surface area contributed by atoms with Gasteiger partial charge in [0.1, 0.15) is 11.5 Å². The Hall–Kier alpha value is -3.42. The number of carboxylic acid groups (broad SMARTS) is 1. The molecule has 0 fully saturated rings. The van der Waals surface area contributed by atoms with E-state index in [9.17, 15) is 0 Å². The molecule has 7 heteroatoms. The number of nitrogens with zero attached hydrogens (tertiary/aromatic N) is 2. The van der Waals surface area contributed by atoms with Gasteiger partial charge < -0.3 is 14.6 Å². The number of fused-ring (bicyclic) bond motifs is 2. The Morgan fingerprint density at radius 1 is 0.771 bits per heavy atom. The summed E-state index contributed by atoms with van der Waals surface area (Å²) in [4.78, 5) is 9.00. The average Bonchev–Trinajstić information content (AvgIpc) is 2.84. The van der Waals surface area contributed by atoms with Crippen LogP contribution in [0.15, 0.2) is 48.5 Å². The van der Waals surface area contributed by atoms with Crippen LogP contribution in [0.4, 0.5) is 11.4 Å². The van der Waals surface area contributed by atoms with Gasteiger partial charge >= 0.3 is 0 Å². The average molecular weight is 517 g/mol. The molecule has 0 atom stereocenters. The third-order valence-electron chi connectivity index (χ3n) is 5.68. The smallest absolute Gasteiger partial charge is 0.300 e. The molecular weight excluding hydrogens is 487 g/mol. The molecule has 5 rings (SSSR count). The summed E-state index contributed by atoms with van der Waals surface area (Å²) in [5.74, 6) is 0.996. The summed E-state index contributed by atoms with van der Waals surface area (Å²) in [6.45, 7) is 10.4. The van der Waals surface area contributed by atoms with E-state index in [-0.39, 0.29) is 16.8 Å². The van der Waals surface area contributed by atoms with Gasteiger partial charge in [-0.1, -0.05) is 24.3 Å². The van der Waals surface area contributed by atoms with Gasteiger partial charge in [0.25, 0.3) is 30.8 Å². The molecule has 0 amide bonds. The molecular formula is C28H30CoN2O4+2. The van der Waals surface area contributed by atoms with Crippen LogP contribution >= 0.6 is 0 Å². The first-order valence-electron chi connectivity index (χ1n) is 11.2. The molecule has 2 aliphatic heterocycles. The van der Waals surface area contributed by atoms with Gasteiger partial charge in [0.15, 0.2) is 12.4 Å². The Kier molecular flexibility index (Phi) is 8.14. The summed E-state index contributed by atoms with van der Waals surface area (Å²) < 4.78 is 17.2. The van der Waals surface area contributed by atoms with Crippen molar-refractivity contribution in [3.8, 4) is 11.5 Å². The van der Waals surface area contributed by atoms with Crippen molar-refractivity contribution in [3.05, 3.63) is 81.9 Å². The Balaban J connectivity index is 0.000000638. The van der Waals surface area contributed by atoms with Crippen LogP contribution in [0.25, 0.3) is 0 Å². The van der Waals surface area contributed by atoms with Gasteiger partial charge in [0, 0.05) is 35.8 Å². The van der Waals surface area contributed by atoms with E-state index in [1.807, 2.05) is 0 Å². The fourth-order valence-corrected chi connectivity index (χ4v) is 4.47. The second-order valence-electron chi connectivity index (χ2n) is 8.75. The Morgan fingerprint density at radius 2 is 1.14 bits per heavy atom. The molecule has 0 saturated heterocycles. The Labute approximate surface area is 216 Å². The van der Waals surface area contributed by atoms with Crippen LogP contribution in [-0.4, -0.2) is 46.1 Å². The fourth-order valence-electron chi connectivity index (χ4n) is 4.47. The van der Waals surface area contributed by atoms with Crippen molar-refractivity contribution in [2.45, 2.75) is 34.6 Å². The predicted octanol–water partition coefficient (Wildman–Crippen LogP) is 5.23. The number of benzene rings is 3. The van der Waals surface area contributed by atoms with Crippen molar-refractivity contribution in [1.29, 1.82) is 0 Å². The van der Waals surface area contributed by atoms with E-state index in [0.29, 0.717) is 13.5 Å². The first kappa shape index (κ1) is 26.2. The maximum atomic E-state index is 9.00. The summed E-state index contributed by atoms with van der Waals surface area (Å²) in [7, 11) is 0. The van der Waals surface area contributed by atoms with E-state index in [0.717, 1.165) is 52.1 Å². The SMILES string of the molecule is CC(=O)O.Cc1cc(C)c2c(c1)C=[N+]1COc3c(C)cc(C)cc3/C=[N+](\CO2)c2ccccc21.[Co]. The second-order valence-corrected chi connectivity index (χ2v) is 8.75. The van der Waals surface area contributed by atoms with Gasteiger partial charge in [-0.05, 0) is 62.1 Å². The van der Waals surface area contributed by atoms with Crippen molar-refractivity contribution in [2.75, 3.05) is 13.5 Å². The van der Waals surface area contributed by atoms with Crippen LogP contribution in [0.1, 0.15) is 40.3 Å². The van der Waals surface area contributed by atoms with Crippen LogP contribution in [0.3, 0.4) is 0 Å². The fraction of sp³-hybridized carbons (Fsp3) is 0.250. The number of carbonyl (C=O) groups is 1. The molecule has 2 heterocycles. The molecule has 6 nitrogen and oxygen atoms in total. The topological polar surface area (TPSA) is 61.8 Å². The number of hydrogen-bond acceptors (Lipinski definition) is 3. The first-order chi connectivity index (χ1) is 16.2. The van der Waals surface area contributed by atoms with Crippen LogP contribution in [0.2, 0.25) is 0 Å². The van der Waals surface area contributed by atoms with Gasteiger partial charge in [-0.15, -0.1) is 0 Å². The molecule has 0 unspecified atom stereocenters. The van der Waals surface area contributed by atoms with Crippen LogP contribution in [0.5, 0.6) is 11.5 Å².